The highest BCUT2D eigenvalue weighted by Gasteiger charge is 2.37. The molecule has 0 spiro atoms. The lowest BCUT2D eigenvalue weighted by Gasteiger charge is -2.26. The van der Waals surface area contributed by atoms with Gasteiger partial charge >= 0.3 is 6.03 Å². The van der Waals surface area contributed by atoms with E-state index in [0.29, 0.717) is 17.0 Å². The molecule has 31 heavy (non-hydrogen) atoms. The summed E-state index contributed by atoms with van der Waals surface area (Å²) in [5.41, 5.74) is 5.64. The Labute approximate surface area is 178 Å². The molecule has 1 saturated heterocycles. The van der Waals surface area contributed by atoms with Crippen LogP contribution in [-0.4, -0.2) is 25.0 Å². The van der Waals surface area contributed by atoms with Gasteiger partial charge in [0, 0.05) is 6.07 Å². The molecule has 1 aliphatic carbocycles. The van der Waals surface area contributed by atoms with Crippen molar-refractivity contribution in [1.29, 1.82) is 0 Å². The number of imide groups is 2. The molecule has 2 aliphatic rings. The first-order valence-corrected chi connectivity index (χ1v) is 9.82. The summed E-state index contributed by atoms with van der Waals surface area (Å²) < 4.78 is 5.18. The zero-order valence-electron chi connectivity index (χ0n) is 16.7. The van der Waals surface area contributed by atoms with E-state index in [9.17, 15) is 14.4 Å². The lowest BCUT2D eigenvalue weighted by molar-refractivity contribution is -0.122. The number of carbonyl (C=O) groups is 3. The average Bonchev–Trinajstić information content (AvgIpc) is 3.14. The Morgan fingerprint density at radius 2 is 1.71 bits per heavy atom. The molecular formula is C25H18N2O4. The number of nitrogens with one attached hydrogen (secondary N) is 1. The topological polar surface area (TPSA) is 75.7 Å². The van der Waals surface area contributed by atoms with E-state index in [4.69, 9.17) is 4.74 Å². The van der Waals surface area contributed by atoms with Crippen LogP contribution in [0.15, 0.2) is 72.3 Å². The molecule has 1 aliphatic heterocycles. The monoisotopic (exact) mass is 410 g/mol. The van der Waals surface area contributed by atoms with Crippen LogP contribution in [0.2, 0.25) is 0 Å². The third-order valence-corrected chi connectivity index (χ3v) is 5.55. The number of fused-ring (bicyclic) bond motifs is 3. The Balaban J connectivity index is 1.53. The number of carbonyl (C=O) groups excluding carboxylic acids is 3. The fourth-order valence-corrected chi connectivity index (χ4v) is 4.04. The van der Waals surface area contributed by atoms with Crippen LogP contribution in [0.3, 0.4) is 0 Å². The first-order valence-electron chi connectivity index (χ1n) is 9.82. The minimum absolute atomic E-state index is 0.103. The van der Waals surface area contributed by atoms with Gasteiger partial charge < -0.3 is 4.74 Å². The Morgan fingerprint density at radius 1 is 0.903 bits per heavy atom. The highest BCUT2D eigenvalue weighted by Crippen LogP contribution is 2.37. The predicted octanol–water partition coefficient (Wildman–Crippen LogP) is 3.93. The maximum atomic E-state index is 13.1. The Hall–Kier alpha value is -4.19. The second-order valence-electron chi connectivity index (χ2n) is 7.41. The van der Waals surface area contributed by atoms with Crippen LogP contribution in [-0.2, 0) is 16.0 Å². The van der Waals surface area contributed by atoms with Gasteiger partial charge in [0.2, 0.25) is 0 Å². The molecule has 0 aromatic heterocycles. The molecule has 6 nitrogen and oxygen atoms in total. The van der Waals surface area contributed by atoms with Crippen LogP contribution >= 0.6 is 0 Å². The van der Waals surface area contributed by atoms with Crippen molar-refractivity contribution in [2.75, 3.05) is 12.0 Å². The summed E-state index contributed by atoms with van der Waals surface area (Å²) in [6.07, 6.45) is 2.39. The van der Waals surface area contributed by atoms with Crippen molar-refractivity contribution in [3.05, 3.63) is 89.0 Å². The van der Waals surface area contributed by atoms with Gasteiger partial charge in [-0.2, -0.15) is 0 Å². The quantitative estimate of drug-likeness (QED) is 0.410. The second-order valence-corrected chi connectivity index (χ2v) is 7.41. The second kappa shape index (κ2) is 7.25. The molecule has 0 saturated carbocycles. The highest BCUT2D eigenvalue weighted by atomic mass is 16.5. The van der Waals surface area contributed by atoms with E-state index in [-0.39, 0.29) is 5.57 Å². The normalized spacial score (nSPS) is 16.2. The fourth-order valence-electron chi connectivity index (χ4n) is 4.04. The Bertz CT molecular complexity index is 1290. The molecule has 0 radical (unpaired) electrons. The lowest BCUT2D eigenvalue weighted by Crippen LogP contribution is -2.54. The number of amides is 4. The molecule has 0 atom stereocenters. The van der Waals surface area contributed by atoms with Crippen LogP contribution in [0.1, 0.15) is 16.7 Å². The van der Waals surface area contributed by atoms with Gasteiger partial charge in [-0.25, -0.2) is 9.69 Å². The van der Waals surface area contributed by atoms with Gasteiger partial charge in [0.1, 0.15) is 11.3 Å². The maximum Gasteiger partial charge on any atom is 0.335 e. The van der Waals surface area contributed by atoms with Gasteiger partial charge in [0.15, 0.2) is 0 Å². The van der Waals surface area contributed by atoms with Crippen molar-refractivity contribution >= 4 is 29.6 Å². The first-order chi connectivity index (χ1) is 15.0. The first kappa shape index (κ1) is 18.8. The summed E-state index contributed by atoms with van der Waals surface area (Å²) in [4.78, 5) is 38.9. The third-order valence-electron chi connectivity index (χ3n) is 5.55. The average molecular weight is 410 g/mol. The summed E-state index contributed by atoms with van der Waals surface area (Å²) in [6, 6.07) is 19.8. The van der Waals surface area contributed by atoms with Crippen molar-refractivity contribution in [3.8, 4) is 16.9 Å². The summed E-state index contributed by atoms with van der Waals surface area (Å²) in [5.74, 6) is -0.893. The van der Waals surface area contributed by atoms with Gasteiger partial charge in [-0.3, -0.25) is 14.9 Å². The van der Waals surface area contributed by atoms with Crippen LogP contribution < -0.4 is 15.0 Å². The van der Waals surface area contributed by atoms with Crippen LogP contribution in [0.5, 0.6) is 5.75 Å². The highest BCUT2D eigenvalue weighted by molar-refractivity contribution is 6.39. The predicted molar refractivity (Wildman–Crippen MR) is 117 cm³/mol. The number of hydrogen-bond donors (Lipinski definition) is 1. The minimum atomic E-state index is -0.789. The van der Waals surface area contributed by atoms with Gasteiger partial charge in [0.05, 0.1) is 12.8 Å². The van der Waals surface area contributed by atoms with E-state index in [2.05, 4.69) is 17.4 Å². The van der Waals surface area contributed by atoms with Crippen LogP contribution in [0, 0.1) is 0 Å². The van der Waals surface area contributed by atoms with Gasteiger partial charge in [-0.05, 0) is 58.5 Å². The van der Waals surface area contributed by atoms with Gasteiger partial charge in [-0.15, -0.1) is 0 Å². The summed E-state index contributed by atoms with van der Waals surface area (Å²) in [7, 11) is 1.50. The number of benzene rings is 3. The molecule has 0 bridgehead atoms. The molecule has 3 aromatic rings. The smallest absolute Gasteiger partial charge is 0.335 e. The van der Waals surface area contributed by atoms with Crippen LogP contribution in [0.4, 0.5) is 10.5 Å². The van der Waals surface area contributed by atoms with Crippen molar-refractivity contribution in [2.45, 2.75) is 6.42 Å². The van der Waals surface area contributed by atoms with E-state index in [1.807, 2.05) is 30.3 Å². The third kappa shape index (κ3) is 3.18. The number of barbiturate groups is 1. The Morgan fingerprint density at radius 3 is 2.55 bits per heavy atom. The minimum Gasteiger partial charge on any atom is -0.497 e. The van der Waals surface area contributed by atoms with Crippen molar-refractivity contribution in [2.24, 2.45) is 0 Å². The maximum absolute atomic E-state index is 13.1. The van der Waals surface area contributed by atoms with E-state index in [1.54, 1.807) is 24.3 Å². The number of anilines is 1. The molecule has 6 heteroatoms. The summed E-state index contributed by atoms with van der Waals surface area (Å²) in [5, 5.41) is 2.25. The summed E-state index contributed by atoms with van der Waals surface area (Å²) in [6.45, 7) is 0. The molecule has 1 N–H and O–H groups in total. The number of ether oxygens (including phenoxy) is 1. The number of nitrogens with zero attached hydrogens (tertiary/aromatic N) is 1. The largest absolute Gasteiger partial charge is 0.497 e. The molecule has 1 fully saturated rings. The molecular weight excluding hydrogens is 392 g/mol. The molecule has 4 amide bonds. The molecule has 5 rings (SSSR count). The zero-order valence-corrected chi connectivity index (χ0v) is 16.7. The Kier molecular flexibility index (Phi) is 4.40. The van der Waals surface area contributed by atoms with Crippen LogP contribution in [0.25, 0.3) is 17.2 Å². The fraction of sp³-hybridized carbons (Fsp3) is 0.0800. The van der Waals surface area contributed by atoms with E-state index < -0.39 is 17.8 Å². The van der Waals surface area contributed by atoms with E-state index >= 15 is 0 Å². The molecule has 152 valence electrons. The van der Waals surface area contributed by atoms with E-state index in [1.165, 1.54) is 24.3 Å². The number of rotatable bonds is 3. The lowest BCUT2D eigenvalue weighted by atomic mass is 10.0. The van der Waals surface area contributed by atoms with Crippen molar-refractivity contribution < 1.29 is 19.1 Å². The van der Waals surface area contributed by atoms with Crippen molar-refractivity contribution in [1.82, 2.24) is 5.32 Å². The number of hydrogen-bond acceptors (Lipinski definition) is 4. The summed E-state index contributed by atoms with van der Waals surface area (Å²) >= 11 is 0. The SMILES string of the molecule is COc1cccc(N2C(=O)NC(=O)C(=Cc3ccc4c(c3)-c3ccccc3C4)C2=O)c1. The zero-order chi connectivity index (χ0) is 21.5. The molecule has 3 aromatic carbocycles. The molecule has 0 unspecified atom stereocenters. The van der Waals surface area contributed by atoms with Crippen molar-refractivity contribution in [3.63, 3.8) is 0 Å². The van der Waals surface area contributed by atoms with Gasteiger partial charge in [0.25, 0.3) is 11.8 Å². The van der Waals surface area contributed by atoms with E-state index in [0.717, 1.165) is 22.4 Å². The number of urea groups is 1. The molecule has 1 heterocycles. The van der Waals surface area contributed by atoms with Gasteiger partial charge in [-0.1, -0.05) is 42.5 Å². The number of methoxy groups -OCH3 is 1. The standard InChI is InChI=1S/C25H18N2O4/c1-31-19-7-4-6-18(14-19)27-24(29)22(23(28)26-25(27)30)12-15-9-10-17-13-16-5-2-3-8-20(16)21(17)11-15/h2-12,14H,13H2,1H3,(H,26,28,30).